The second-order valence-electron chi connectivity index (χ2n) is 6.85. The molecule has 0 unspecified atom stereocenters. The topological polar surface area (TPSA) is 77.1 Å². The highest BCUT2D eigenvalue weighted by Crippen LogP contribution is 2.23. The van der Waals surface area contributed by atoms with Gasteiger partial charge >= 0.3 is 0 Å². The maximum absolute atomic E-state index is 12.3. The first kappa shape index (κ1) is 18.8. The van der Waals surface area contributed by atoms with Crippen LogP contribution in [0.3, 0.4) is 0 Å². The van der Waals surface area contributed by atoms with Crippen molar-refractivity contribution in [1.29, 1.82) is 0 Å². The number of piperidine rings is 1. The van der Waals surface area contributed by atoms with E-state index in [0.717, 1.165) is 49.3 Å². The number of thioether (sulfide) groups is 1. The molecule has 3 rings (SSSR count). The maximum Gasteiger partial charge on any atom is 0.230 e. The highest BCUT2D eigenvalue weighted by Gasteiger charge is 2.22. The van der Waals surface area contributed by atoms with Crippen molar-refractivity contribution in [2.75, 3.05) is 25.4 Å². The number of nitrogens with zero attached hydrogens (tertiary/aromatic N) is 4. The van der Waals surface area contributed by atoms with Crippen molar-refractivity contribution in [3.8, 4) is 5.69 Å². The van der Waals surface area contributed by atoms with Crippen molar-refractivity contribution in [2.45, 2.75) is 44.8 Å². The SMILES string of the molecule is CC[NH+]1CCC(NC(=O)CSc2nnnn2-c2c(C)cccc2C)CC1. The Balaban J connectivity index is 1.58. The van der Waals surface area contributed by atoms with Gasteiger partial charge < -0.3 is 10.2 Å². The molecule has 0 atom stereocenters. The molecule has 2 heterocycles. The number of aromatic nitrogens is 4. The van der Waals surface area contributed by atoms with Gasteiger partial charge in [0.1, 0.15) is 0 Å². The van der Waals surface area contributed by atoms with Crippen molar-refractivity contribution in [2.24, 2.45) is 0 Å². The molecule has 1 aliphatic rings. The predicted octanol–water partition coefficient (Wildman–Crippen LogP) is 0.555. The summed E-state index contributed by atoms with van der Waals surface area (Å²) >= 11 is 1.38. The molecular weight excluding hydrogens is 348 g/mol. The van der Waals surface area contributed by atoms with E-state index in [-0.39, 0.29) is 5.91 Å². The van der Waals surface area contributed by atoms with Gasteiger partial charge in [-0.3, -0.25) is 4.79 Å². The molecule has 1 saturated heterocycles. The summed E-state index contributed by atoms with van der Waals surface area (Å²) in [6, 6.07) is 6.39. The zero-order chi connectivity index (χ0) is 18.5. The monoisotopic (exact) mass is 375 g/mol. The molecule has 0 spiro atoms. The number of tetrazole rings is 1. The van der Waals surface area contributed by atoms with Crippen LogP contribution in [0.25, 0.3) is 5.69 Å². The van der Waals surface area contributed by atoms with Crippen LogP contribution in [0.5, 0.6) is 0 Å². The van der Waals surface area contributed by atoms with Gasteiger partial charge in [-0.05, 0) is 42.3 Å². The summed E-state index contributed by atoms with van der Waals surface area (Å²) in [5, 5.41) is 15.8. The Kier molecular flexibility index (Phi) is 6.26. The number of aryl methyl sites for hydroxylation is 2. The summed E-state index contributed by atoms with van der Waals surface area (Å²) in [5.41, 5.74) is 3.19. The van der Waals surface area contributed by atoms with Crippen LogP contribution in [0.15, 0.2) is 23.4 Å². The molecule has 0 aliphatic carbocycles. The van der Waals surface area contributed by atoms with Gasteiger partial charge in [0.05, 0.1) is 31.1 Å². The largest absolute Gasteiger partial charge is 0.352 e. The van der Waals surface area contributed by atoms with Gasteiger partial charge in [0.15, 0.2) is 0 Å². The number of nitrogens with one attached hydrogen (secondary N) is 2. The number of amides is 1. The van der Waals surface area contributed by atoms with Crippen molar-refractivity contribution in [3.63, 3.8) is 0 Å². The van der Waals surface area contributed by atoms with Crippen LogP contribution in [0, 0.1) is 13.8 Å². The van der Waals surface area contributed by atoms with E-state index in [0.29, 0.717) is 17.0 Å². The fourth-order valence-corrected chi connectivity index (χ4v) is 4.16. The van der Waals surface area contributed by atoms with E-state index < -0.39 is 0 Å². The molecule has 8 heteroatoms. The number of hydrogen-bond acceptors (Lipinski definition) is 5. The molecule has 26 heavy (non-hydrogen) atoms. The van der Waals surface area contributed by atoms with Gasteiger partial charge in [0, 0.05) is 18.9 Å². The summed E-state index contributed by atoms with van der Waals surface area (Å²) < 4.78 is 1.73. The molecule has 7 nitrogen and oxygen atoms in total. The van der Waals surface area contributed by atoms with E-state index in [4.69, 9.17) is 0 Å². The van der Waals surface area contributed by atoms with E-state index in [2.05, 4.69) is 27.8 Å². The van der Waals surface area contributed by atoms with Crippen LogP contribution in [0.1, 0.15) is 30.9 Å². The lowest BCUT2D eigenvalue weighted by molar-refractivity contribution is -0.903. The Morgan fingerprint density at radius 3 is 2.65 bits per heavy atom. The van der Waals surface area contributed by atoms with Crippen LogP contribution in [0.4, 0.5) is 0 Å². The third-order valence-corrected chi connectivity index (χ3v) is 5.90. The van der Waals surface area contributed by atoms with Gasteiger partial charge in [-0.2, -0.15) is 4.68 Å². The Hall–Kier alpha value is -1.93. The first-order chi connectivity index (χ1) is 12.6. The highest BCUT2D eigenvalue weighted by molar-refractivity contribution is 7.99. The number of quaternary nitrogens is 1. The normalized spacial score (nSPS) is 20.1. The minimum absolute atomic E-state index is 0.0519. The average Bonchev–Trinajstić information content (AvgIpc) is 3.09. The number of carbonyl (C=O) groups is 1. The van der Waals surface area contributed by atoms with Crippen LogP contribution in [-0.4, -0.2) is 57.5 Å². The van der Waals surface area contributed by atoms with Gasteiger partial charge in [-0.25, -0.2) is 0 Å². The number of carbonyl (C=O) groups excluding carboxylic acids is 1. The molecule has 0 bridgehead atoms. The third-order valence-electron chi connectivity index (χ3n) is 4.98. The summed E-state index contributed by atoms with van der Waals surface area (Å²) in [5.74, 6) is 0.377. The Labute approximate surface area is 158 Å². The summed E-state index contributed by atoms with van der Waals surface area (Å²) in [7, 11) is 0. The molecule has 1 amide bonds. The molecule has 0 saturated carbocycles. The number of likely N-dealkylation sites (tertiary alicyclic amines) is 1. The smallest absolute Gasteiger partial charge is 0.230 e. The zero-order valence-electron chi connectivity index (χ0n) is 15.7. The van der Waals surface area contributed by atoms with Crippen molar-refractivity contribution >= 4 is 17.7 Å². The highest BCUT2D eigenvalue weighted by atomic mass is 32.2. The van der Waals surface area contributed by atoms with Crippen molar-refractivity contribution in [1.82, 2.24) is 25.5 Å². The number of hydrogen-bond donors (Lipinski definition) is 2. The fraction of sp³-hybridized carbons (Fsp3) is 0.556. The Morgan fingerprint density at radius 2 is 2.00 bits per heavy atom. The number of rotatable bonds is 6. The predicted molar refractivity (Wildman–Crippen MR) is 102 cm³/mol. The second kappa shape index (κ2) is 8.64. The average molecular weight is 376 g/mol. The molecule has 1 aromatic heterocycles. The lowest BCUT2D eigenvalue weighted by Gasteiger charge is -2.28. The van der Waals surface area contributed by atoms with E-state index >= 15 is 0 Å². The summed E-state index contributed by atoms with van der Waals surface area (Å²) in [6.45, 7) is 9.73. The summed E-state index contributed by atoms with van der Waals surface area (Å²) in [6.07, 6.45) is 2.11. The van der Waals surface area contributed by atoms with Gasteiger partial charge in [-0.1, -0.05) is 30.0 Å². The molecule has 0 radical (unpaired) electrons. The Morgan fingerprint density at radius 1 is 1.31 bits per heavy atom. The third kappa shape index (κ3) is 4.42. The van der Waals surface area contributed by atoms with E-state index in [1.807, 2.05) is 32.0 Å². The number of para-hydroxylation sites is 1. The van der Waals surface area contributed by atoms with Gasteiger partial charge in [0.25, 0.3) is 0 Å². The van der Waals surface area contributed by atoms with Gasteiger partial charge in [-0.15, -0.1) is 5.10 Å². The second-order valence-corrected chi connectivity index (χ2v) is 7.79. The fourth-order valence-electron chi connectivity index (χ4n) is 3.47. The van der Waals surface area contributed by atoms with Crippen LogP contribution >= 0.6 is 11.8 Å². The van der Waals surface area contributed by atoms with Crippen LogP contribution in [0.2, 0.25) is 0 Å². The van der Waals surface area contributed by atoms with Gasteiger partial charge in [0.2, 0.25) is 11.1 Å². The quantitative estimate of drug-likeness (QED) is 0.722. The van der Waals surface area contributed by atoms with E-state index in [1.54, 1.807) is 9.58 Å². The molecule has 1 fully saturated rings. The number of benzene rings is 1. The lowest BCUT2D eigenvalue weighted by atomic mass is 10.1. The van der Waals surface area contributed by atoms with E-state index in [9.17, 15) is 4.79 Å². The lowest BCUT2D eigenvalue weighted by Crippen LogP contribution is -3.13. The molecular formula is C18H27N6OS+. The van der Waals surface area contributed by atoms with E-state index in [1.165, 1.54) is 11.8 Å². The molecule has 2 aromatic rings. The minimum Gasteiger partial charge on any atom is -0.352 e. The van der Waals surface area contributed by atoms with Crippen molar-refractivity contribution < 1.29 is 9.69 Å². The Bertz CT molecular complexity index is 734. The summed E-state index contributed by atoms with van der Waals surface area (Å²) in [4.78, 5) is 13.9. The first-order valence-electron chi connectivity index (χ1n) is 9.19. The molecule has 2 N–H and O–H groups in total. The van der Waals surface area contributed by atoms with Crippen molar-refractivity contribution in [3.05, 3.63) is 29.3 Å². The van der Waals surface area contributed by atoms with Crippen LogP contribution in [-0.2, 0) is 4.79 Å². The zero-order valence-corrected chi connectivity index (χ0v) is 16.5. The first-order valence-corrected chi connectivity index (χ1v) is 10.2. The standard InChI is InChI=1S/C18H26N6OS/c1-4-23-10-8-15(9-11-23)19-16(25)12-26-18-20-21-22-24(18)17-13(2)6-5-7-14(17)3/h5-7,15H,4,8-12H2,1-3H3,(H,19,25)/p+1. The maximum atomic E-state index is 12.3. The van der Waals surface area contributed by atoms with Crippen LogP contribution < -0.4 is 10.2 Å². The molecule has 140 valence electrons. The molecule has 1 aromatic carbocycles. The molecule has 1 aliphatic heterocycles. The minimum atomic E-state index is 0.0519.